The van der Waals surface area contributed by atoms with E-state index >= 15 is 0 Å². The molecule has 62 valence electrons. The molecule has 1 heterocycles. The van der Waals surface area contributed by atoms with Crippen molar-refractivity contribution in [1.82, 2.24) is 0 Å². The summed E-state index contributed by atoms with van der Waals surface area (Å²) < 4.78 is 5.04. The van der Waals surface area contributed by atoms with Crippen LogP contribution in [-0.2, 0) is 4.74 Å². The van der Waals surface area contributed by atoms with E-state index in [1.165, 1.54) is 0 Å². The Kier molecular flexibility index (Phi) is 2.15. The Morgan fingerprint density at radius 3 is 2.67 bits per heavy atom. The maximum absolute atomic E-state index is 5.95. The lowest BCUT2D eigenvalue weighted by Gasteiger charge is -1.93. The zero-order chi connectivity index (χ0) is 8.39. The standard InChI is InChI=1S/C10H9ClO/c11-9(10-7-12-10)6-8-4-2-1-3-5-8/h1-6,10H,7H2/b9-6-. The molecule has 0 amide bonds. The number of rotatable bonds is 2. The summed E-state index contributed by atoms with van der Waals surface area (Å²) in [4.78, 5) is 0. The first-order valence-corrected chi connectivity index (χ1v) is 4.28. The van der Waals surface area contributed by atoms with Crippen molar-refractivity contribution in [3.63, 3.8) is 0 Å². The molecule has 0 saturated carbocycles. The van der Waals surface area contributed by atoms with Gasteiger partial charge in [0.05, 0.1) is 6.61 Å². The minimum absolute atomic E-state index is 0.159. The average Bonchev–Trinajstić information content (AvgIpc) is 2.88. The van der Waals surface area contributed by atoms with E-state index in [-0.39, 0.29) is 6.10 Å². The van der Waals surface area contributed by atoms with Crippen LogP contribution in [0.3, 0.4) is 0 Å². The van der Waals surface area contributed by atoms with Crippen molar-refractivity contribution in [2.75, 3.05) is 6.61 Å². The van der Waals surface area contributed by atoms with Gasteiger partial charge in [-0.1, -0.05) is 41.9 Å². The molecule has 2 rings (SSSR count). The van der Waals surface area contributed by atoms with Crippen LogP contribution in [0.25, 0.3) is 6.08 Å². The zero-order valence-corrected chi connectivity index (χ0v) is 7.29. The van der Waals surface area contributed by atoms with Gasteiger partial charge in [0.25, 0.3) is 0 Å². The Labute approximate surface area is 76.6 Å². The Hall–Kier alpha value is -0.790. The molecule has 0 spiro atoms. The molecule has 1 fully saturated rings. The van der Waals surface area contributed by atoms with E-state index in [0.717, 1.165) is 17.2 Å². The molecule has 12 heavy (non-hydrogen) atoms. The minimum atomic E-state index is 0.159. The van der Waals surface area contributed by atoms with E-state index in [4.69, 9.17) is 16.3 Å². The molecule has 0 N–H and O–H groups in total. The summed E-state index contributed by atoms with van der Waals surface area (Å²) in [6.07, 6.45) is 2.10. The third kappa shape index (κ3) is 1.87. The minimum Gasteiger partial charge on any atom is -0.367 e. The molecule has 1 saturated heterocycles. The van der Waals surface area contributed by atoms with Crippen LogP contribution in [0.1, 0.15) is 5.56 Å². The van der Waals surface area contributed by atoms with Crippen LogP contribution in [0.4, 0.5) is 0 Å². The molecule has 0 aliphatic carbocycles. The second kappa shape index (κ2) is 3.30. The molecule has 1 atom stereocenters. The maximum atomic E-state index is 5.95. The van der Waals surface area contributed by atoms with Crippen molar-refractivity contribution in [2.24, 2.45) is 0 Å². The van der Waals surface area contributed by atoms with Crippen molar-refractivity contribution >= 4 is 17.7 Å². The summed E-state index contributed by atoms with van der Waals surface area (Å²) in [6, 6.07) is 10.0. The Balaban J connectivity index is 2.15. The number of hydrogen-bond acceptors (Lipinski definition) is 1. The third-order valence-corrected chi connectivity index (χ3v) is 2.10. The van der Waals surface area contributed by atoms with Crippen LogP contribution >= 0.6 is 11.6 Å². The summed E-state index contributed by atoms with van der Waals surface area (Å²) in [5, 5.41) is 0.793. The number of benzene rings is 1. The number of ether oxygens (including phenoxy) is 1. The maximum Gasteiger partial charge on any atom is 0.116 e. The summed E-state index contributed by atoms with van der Waals surface area (Å²) in [6.45, 7) is 0.766. The highest BCUT2D eigenvalue weighted by molar-refractivity contribution is 6.32. The van der Waals surface area contributed by atoms with E-state index < -0.39 is 0 Å². The number of halogens is 1. The molecule has 1 aromatic carbocycles. The molecule has 1 nitrogen and oxygen atoms in total. The molecular formula is C10H9ClO. The molecule has 1 unspecified atom stereocenters. The molecule has 0 radical (unpaired) electrons. The highest BCUT2D eigenvalue weighted by atomic mass is 35.5. The number of epoxide rings is 1. The van der Waals surface area contributed by atoms with Gasteiger partial charge < -0.3 is 4.74 Å². The fourth-order valence-corrected chi connectivity index (χ4v) is 1.26. The van der Waals surface area contributed by atoms with Gasteiger partial charge in [0.2, 0.25) is 0 Å². The van der Waals surface area contributed by atoms with Crippen molar-refractivity contribution in [1.29, 1.82) is 0 Å². The summed E-state index contributed by atoms with van der Waals surface area (Å²) in [5.41, 5.74) is 1.12. The van der Waals surface area contributed by atoms with Crippen LogP contribution < -0.4 is 0 Å². The smallest absolute Gasteiger partial charge is 0.116 e. The lowest BCUT2D eigenvalue weighted by molar-refractivity contribution is 0.438. The first-order chi connectivity index (χ1) is 5.86. The van der Waals surface area contributed by atoms with Crippen LogP contribution in [0, 0.1) is 0 Å². The van der Waals surface area contributed by atoms with E-state index in [9.17, 15) is 0 Å². The SMILES string of the molecule is Cl/C(=C\c1ccccc1)C1CO1. The van der Waals surface area contributed by atoms with Crippen LogP contribution in [0.5, 0.6) is 0 Å². The van der Waals surface area contributed by atoms with E-state index in [1.807, 2.05) is 36.4 Å². The first-order valence-electron chi connectivity index (χ1n) is 3.90. The lowest BCUT2D eigenvalue weighted by atomic mass is 10.2. The molecule has 1 aromatic rings. The molecule has 1 aliphatic rings. The van der Waals surface area contributed by atoms with Gasteiger partial charge in [-0.2, -0.15) is 0 Å². The Bertz CT molecular complexity index is 288. The predicted molar refractivity (Wildman–Crippen MR) is 50.0 cm³/mol. The molecule has 1 aliphatic heterocycles. The van der Waals surface area contributed by atoms with Crippen molar-refractivity contribution in [3.05, 3.63) is 40.9 Å². The average molecular weight is 181 g/mol. The largest absolute Gasteiger partial charge is 0.367 e. The van der Waals surface area contributed by atoms with Gasteiger partial charge in [-0.25, -0.2) is 0 Å². The highest BCUT2D eigenvalue weighted by Gasteiger charge is 2.25. The van der Waals surface area contributed by atoms with Crippen molar-refractivity contribution in [2.45, 2.75) is 6.10 Å². The quantitative estimate of drug-likeness (QED) is 0.638. The van der Waals surface area contributed by atoms with E-state index in [1.54, 1.807) is 0 Å². The van der Waals surface area contributed by atoms with Crippen molar-refractivity contribution < 1.29 is 4.74 Å². The lowest BCUT2D eigenvalue weighted by Crippen LogP contribution is -1.82. The number of hydrogen-bond donors (Lipinski definition) is 0. The molecule has 0 aromatic heterocycles. The van der Waals surface area contributed by atoms with E-state index in [2.05, 4.69) is 0 Å². The molecule has 2 heteroatoms. The Morgan fingerprint density at radius 1 is 1.42 bits per heavy atom. The zero-order valence-electron chi connectivity index (χ0n) is 6.53. The van der Waals surface area contributed by atoms with Gasteiger partial charge in [0.1, 0.15) is 6.10 Å². The van der Waals surface area contributed by atoms with Gasteiger partial charge in [0, 0.05) is 5.03 Å². The second-order valence-corrected chi connectivity index (χ2v) is 3.20. The normalized spacial score (nSPS) is 22.4. The van der Waals surface area contributed by atoms with Gasteiger partial charge in [0.15, 0.2) is 0 Å². The van der Waals surface area contributed by atoms with Gasteiger partial charge >= 0.3 is 0 Å². The fourth-order valence-electron chi connectivity index (χ4n) is 1.01. The fraction of sp³-hybridized carbons (Fsp3) is 0.200. The predicted octanol–water partition coefficient (Wildman–Crippen LogP) is 2.67. The second-order valence-electron chi connectivity index (χ2n) is 2.76. The van der Waals surface area contributed by atoms with Crippen LogP contribution in [-0.4, -0.2) is 12.7 Å². The van der Waals surface area contributed by atoms with Crippen LogP contribution in [0.15, 0.2) is 35.4 Å². The first kappa shape index (κ1) is 7.84. The topological polar surface area (TPSA) is 12.5 Å². The molecular weight excluding hydrogens is 172 g/mol. The monoisotopic (exact) mass is 180 g/mol. The van der Waals surface area contributed by atoms with Gasteiger partial charge in [-0.15, -0.1) is 0 Å². The van der Waals surface area contributed by atoms with Gasteiger partial charge in [-0.3, -0.25) is 0 Å². The summed E-state index contributed by atoms with van der Waals surface area (Å²) in [7, 11) is 0. The highest BCUT2D eigenvalue weighted by Crippen LogP contribution is 2.24. The molecule has 0 bridgehead atoms. The van der Waals surface area contributed by atoms with Crippen molar-refractivity contribution in [3.8, 4) is 0 Å². The van der Waals surface area contributed by atoms with Crippen LogP contribution in [0.2, 0.25) is 0 Å². The van der Waals surface area contributed by atoms with Gasteiger partial charge in [-0.05, 0) is 11.6 Å². The summed E-state index contributed by atoms with van der Waals surface area (Å²) in [5.74, 6) is 0. The Morgan fingerprint density at radius 2 is 2.08 bits per heavy atom. The van der Waals surface area contributed by atoms with E-state index in [0.29, 0.717) is 0 Å². The third-order valence-electron chi connectivity index (χ3n) is 1.75. The summed E-state index contributed by atoms with van der Waals surface area (Å²) >= 11 is 5.95.